The van der Waals surface area contributed by atoms with E-state index >= 15 is 0 Å². The number of aromatic nitrogens is 2. The number of aryl methyl sites for hydroxylation is 1. The van der Waals surface area contributed by atoms with E-state index in [-0.39, 0.29) is 17.3 Å². The van der Waals surface area contributed by atoms with Gasteiger partial charge >= 0.3 is 5.69 Å². The van der Waals surface area contributed by atoms with Gasteiger partial charge in [0.2, 0.25) is 0 Å². The van der Waals surface area contributed by atoms with E-state index in [0.717, 1.165) is 18.7 Å². The fraction of sp³-hybridized carbons (Fsp3) is 0.444. The summed E-state index contributed by atoms with van der Waals surface area (Å²) in [7, 11) is 1.67. The van der Waals surface area contributed by atoms with Crippen molar-refractivity contribution in [1.29, 1.82) is 0 Å². The van der Waals surface area contributed by atoms with E-state index in [9.17, 15) is 9.59 Å². The molecule has 24 heavy (non-hydrogen) atoms. The van der Waals surface area contributed by atoms with Crippen molar-refractivity contribution in [3.05, 3.63) is 61.9 Å². The molecular formula is C18H23N3O3. The van der Waals surface area contributed by atoms with Gasteiger partial charge in [0.15, 0.2) is 0 Å². The molecule has 1 aliphatic rings. The molecule has 1 aromatic heterocycles. The molecule has 0 spiro atoms. The summed E-state index contributed by atoms with van der Waals surface area (Å²) in [5.41, 5.74) is 2.60. The molecule has 0 amide bonds. The Bertz CT molecular complexity index is 822. The second-order valence-corrected chi connectivity index (χ2v) is 6.27. The molecule has 1 aromatic carbocycles. The zero-order valence-electron chi connectivity index (χ0n) is 14.3. The van der Waals surface area contributed by atoms with Crippen LogP contribution >= 0.6 is 0 Å². The Hall–Kier alpha value is -2.34. The first-order chi connectivity index (χ1) is 11.5. The van der Waals surface area contributed by atoms with E-state index in [1.165, 1.54) is 21.8 Å². The Morgan fingerprint density at radius 3 is 2.75 bits per heavy atom. The fourth-order valence-electron chi connectivity index (χ4n) is 3.35. The van der Waals surface area contributed by atoms with E-state index in [0.29, 0.717) is 18.8 Å². The topological polar surface area (TPSA) is 67.3 Å². The highest BCUT2D eigenvalue weighted by atomic mass is 16.5. The van der Waals surface area contributed by atoms with E-state index in [4.69, 9.17) is 4.74 Å². The van der Waals surface area contributed by atoms with Crippen LogP contribution in [0, 0.1) is 6.92 Å². The number of aromatic amines is 1. The normalized spacial score (nSPS) is 17.5. The van der Waals surface area contributed by atoms with Gasteiger partial charge in [-0.25, -0.2) is 4.79 Å². The highest BCUT2D eigenvalue weighted by Crippen LogP contribution is 2.31. The fourth-order valence-corrected chi connectivity index (χ4v) is 3.35. The van der Waals surface area contributed by atoms with Crippen LogP contribution in [0.25, 0.3) is 0 Å². The van der Waals surface area contributed by atoms with Crippen LogP contribution in [0.15, 0.2) is 33.9 Å². The second kappa shape index (κ2) is 6.65. The van der Waals surface area contributed by atoms with Crippen LogP contribution in [0.4, 0.5) is 0 Å². The Kier molecular flexibility index (Phi) is 4.57. The molecule has 1 N–H and O–H groups in total. The summed E-state index contributed by atoms with van der Waals surface area (Å²) in [6.45, 7) is 5.82. The van der Waals surface area contributed by atoms with Crippen molar-refractivity contribution in [3.8, 4) is 5.75 Å². The van der Waals surface area contributed by atoms with Gasteiger partial charge in [-0.3, -0.25) is 14.3 Å². The largest absolute Gasteiger partial charge is 0.497 e. The molecule has 128 valence electrons. The molecule has 0 fully saturated rings. The minimum atomic E-state index is -0.341. The Balaban J connectivity index is 1.77. The zero-order chi connectivity index (χ0) is 17.3. The van der Waals surface area contributed by atoms with Gasteiger partial charge in [-0.1, -0.05) is 6.07 Å². The second-order valence-electron chi connectivity index (χ2n) is 6.27. The summed E-state index contributed by atoms with van der Waals surface area (Å²) < 4.78 is 6.59. The van der Waals surface area contributed by atoms with Crippen LogP contribution in [-0.2, 0) is 13.0 Å². The van der Waals surface area contributed by atoms with Gasteiger partial charge in [0.05, 0.1) is 7.11 Å². The standard InChI is InChI=1S/C18H23N3O3/c1-12-10-17(22)21(18(23)19-12)9-8-20-7-6-14-4-5-15(24-3)11-16(14)13(20)2/h4-5,10-11,13H,6-9H2,1-3H3,(H,19,23)/t13-/m0/s1. The minimum absolute atomic E-state index is 0.226. The molecule has 0 unspecified atom stereocenters. The van der Waals surface area contributed by atoms with Gasteiger partial charge in [0, 0.05) is 37.4 Å². The summed E-state index contributed by atoms with van der Waals surface area (Å²) in [6.07, 6.45) is 0.961. The monoisotopic (exact) mass is 329 g/mol. The quantitative estimate of drug-likeness (QED) is 0.922. The third-order valence-electron chi connectivity index (χ3n) is 4.79. The number of hydrogen-bond acceptors (Lipinski definition) is 4. The smallest absolute Gasteiger partial charge is 0.328 e. The van der Waals surface area contributed by atoms with Gasteiger partial charge in [-0.15, -0.1) is 0 Å². The van der Waals surface area contributed by atoms with Gasteiger partial charge in [0.25, 0.3) is 5.56 Å². The molecule has 0 saturated heterocycles. The molecule has 0 aliphatic carbocycles. The molecule has 6 heteroatoms. The van der Waals surface area contributed by atoms with Crippen molar-refractivity contribution in [2.24, 2.45) is 0 Å². The Morgan fingerprint density at radius 1 is 1.25 bits per heavy atom. The summed E-state index contributed by atoms with van der Waals surface area (Å²) in [6, 6.07) is 7.88. The lowest BCUT2D eigenvalue weighted by Crippen LogP contribution is -2.41. The average Bonchev–Trinajstić information content (AvgIpc) is 2.55. The lowest BCUT2D eigenvalue weighted by Gasteiger charge is -2.35. The third-order valence-corrected chi connectivity index (χ3v) is 4.79. The summed E-state index contributed by atoms with van der Waals surface area (Å²) in [4.78, 5) is 29.0. The molecule has 3 rings (SSSR count). The number of hydrogen-bond donors (Lipinski definition) is 1. The van der Waals surface area contributed by atoms with Crippen molar-refractivity contribution in [2.75, 3.05) is 20.2 Å². The SMILES string of the molecule is COc1ccc2c(c1)[C@H](C)N(CCn1c(=O)cc(C)[nH]c1=O)CC2. The first kappa shape index (κ1) is 16.5. The van der Waals surface area contributed by atoms with Crippen molar-refractivity contribution in [3.63, 3.8) is 0 Å². The minimum Gasteiger partial charge on any atom is -0.497 e. The number of rotatable bonds is 4. The van der Waals surface area contributed by atoms with E-state index in [1.54, 1.807) is 14.0 Å². The summed E-state index contributed by atoms with van der Waals surface area (Å²) >= 11 is 0. The number of nitrogens with zero attached hydrogens (tertiary/aromatic N) is 2. The summed E-state index contributed by atoms with van der Waals surface area (Å²) in [5.74, 6) is 0.855. The number of benzene rings is 1. The maximum Gasteiger partial charge on any atom is 0.328 e. The highest BCUT2D eigenvalue weighted by molar-refractivity contribution is 5.39. The van der Waals surface area contributed by atoms with Crippen LogP contribution in [0.3, 0.4) is 0 Å². The van der Waals surface area contributed by atoms with Crippen LogP contribution in [0.1, 0.15) is 29.8 Å². The van der Waals surface area contributed by atoms with Crippen LogP contribution in [0.2, 0.25) is 0 Å². The van der Waals surface area contributed by atoms with Crippen molar-refractivity contribution >= 4 is 0 Å². The number of methoxy groups -OCH3 is 1. The predicted octanol–water partition coefficient (Wildman–Crippen LogP) is 1.47. The van der Waals surface area contributed by atoms with E-state index in [1.807, 2.05) is 6.07 Å². The lowest BCUT2D eigenvalue weighted by molar-refractivity contribution is 0.189. The number of fused-ring (bicyclic) bond motifs is 1. The summed E-state index contributed by atoms with van der Waals surface area (Å²) in [5, 5.41) is 0. The molecule has 6 nitrogen and oxygen atoms in total. The molecule has 2 heterocycles. The van der Waals surface area contributed by atoms with Crippen molar-refractivity contribution in [1.82, 2.24) is 14.5 Å². The molecule has 1 atom stereocenters. The van der Waals surface area contributed by atoms with Crippen molar-refractivity contribution in [2.45, 2.75) is 32.9 Å². The zero-order valence-corrected chi connectivity index (χ0v) is 14.3. The number of H-pyrrole nitrogens is 1. The van der Waals surface area contributed by atoms with Crippen molar-refractivity contribution < 1.29 is 4.74 Å². The van der Waals surface area contributed by atoms with E-state index < -0.39 is 0 Å². The van der Waals surface area contributed by atoms with Crippen LogP contribution in [-0.4, -0.2) is 34.7 Å². The lowest BCUT2D eigenvalue weighted by atomic mass is 9.93. The molecule has 0 radical (unpaired) electrons. The molecule has 2 aromatic rings. The average molecular weight is 329 g/mol. The highest BCUT2D eigenvalue weighted by Gasteiger charge is 2.24. The molecular weight excluding hydrogens is 306 g/mol. The van der Waals surface area contributed by atoms with E-state index in [2.05, 4.69) is 28.9 Å². The Labute approximate surface area is 140 Å². The van der Waals surface area contributed by atoms with Gasteiger partial charge in [-0.2, -0.15) is 0 Å². The molecule has 0 bridgehead atoms. The van der Waals surface area contributed by atoms with Gasteiger partial charge < -0.3 is 9.72 Å². The Morgan fingerprint density at radius 2 is 2.04 bits per heavy atom. The number of nitrogens with one attached hydrogen (secondary N) is 1. The van der Waals surface area contributed by atoms with Crippen LogP contribution in [0.5, 0.6) is 5.75 Å². The number of ether oxygens (including phenoxy) is 1. The van der Waals surface area contributed by atoms with Gasteiger partial charge in [-0.05, 0) is 43.5 Å². The maximum absolute atomic E-state index is 12.0. The van der Waals surface area contributed by atoms with Gasteiger partial charge in [0.1, 0.15) is 5.75 Å². The first-order valence-electron chi connectivity index (χ1n) is 8.21. The first-order valence-corrected chi connectivity index (χ1v) is 8.21. The van der Waals surface area contributed by atoms with Crippen LogP contribution < -0.4 is 16.0 Å². The maximum atomic E-state index is 12.0. The predicted molar refractivity (Wildman–Crippen MR) is 92.7 cm³/mol. The molecule has 1 aliphatic heterocycles. The third kappa shape index (κ3) is 3.14. The molecule has 0 saturated carbocycles.